The highest BCUT2D eigenvalue weighted by Gasteiger charge is 2.12. The summed E-state index contributed by atoms with van der Waals surface area (Å²) in [4.78, 5) is 17.8. The molecule has 106 valence electrons. The molecule has 0 aliphatic carbocycles. The average molecular weight is 273 g/mol. The van der Waals surface area contributed by atoms with Crippen LogP contribution in [0.3, 0.4) is 0 Å². The SMILES string of the molecule is CC(O)CCN(C)C(=O)c1ccc(-n2ccnc2)cc1. The van der Waals surface area contributed by atoms with Crippen LogP contribution in [0.2, 0.25) is 0 Å². The summed E-state index contributed by atoms with van der Waals surface area (Å²) >= 11 is 0. The Morgan fingerprint density at radius 1 is 1.40 bits per heavy atom. The normalized spacial score (nSPS) is 12.2. The Balaban J connectivity index is 2.04. The molecule has 0 saturated carbocycles. The molecule has 1 N–H and O–H groups in total. The van der Waals surface area contributed by atoms with Crippen LogP contribution in [0.25, 0.3) is 5.69 Å². The number of hydrogen-bond acceptors (Lipinski definition) is 3. The fourth-order valence-corrected chi connectivity index (χ4v) is 1.89. The molecule has 20 heavy (non-hydrogen) atoms. The maximum Gasteiger partial charge on any atom is 0.253 e. The topological polar surface area (TPSA) is 58.4 Å². The molecule has 1 atom stereocenters. The summed E-state index contributed by atoms with van der Waals surface area (Å²) in [6, 6.07) is 7.38. The highest BCUT2D eigenvalue weighted by Crippen LogP contribution is 2.11. The number of imidazole rings is 1. The first-order valence-corrected chi connectivity index (χ1v) is 6.60. The zero-order chi connectivity index (χ0) is 14.5. The summed E-state index contributed by atoms with van der Waals surface area (Å²) in [7, 11) is 1.74. The van der Waals surface area contributed by atoms with E-state index in [0.29, 0.717) is 18.5 Å². The second kappa shape index (κ2) is 6.34. The van der Waals surface area contributed by atoms with Crippen LogP contribution in [-0.2, 0) is 0 Å². The van der Waals surface area contributed by atoms with Gasteiger partial charge in [0.25, 0.3) is 5.91 Å². The van der Waals surface area contributed by atoms with E-state index in [-0.39, 0.29) is 5.91 Å². The predicted molar refractivity (Wildman–Crippen MR) is 76.8 cm³/mol. The Morgan fingerprint density at radius 2 is 2.10 bits per heavy atom. The maximum atomic E-state index is 12.2. The lowest BCUT2D eigenvalue weighted by atomic mass is 10.1. The molecular weight excluding hydrogens is 254 g/mol. The molecule has 1 aromatic carbocycles. The van der Waals surface area contributed by atoms with Crippen molar-refractivity contribution in [1.29, 1.82) is 0 Å². The van der Waals surface area contributed by atoms with Crippen LogP contribution in [0.5, 0.6) is 0 Å². The van der Waals surface area contributed by atoms with Gasteiger partial charge >= 0.3 is 0 Å². The van der Waals surface area contributed by atoms with Gasteiger partial charge < -0.3 is 14.6 Å². The largest absolute Gasteiger partial charge is 0.393 e. The molecule has 5 nitrogen and oxygen atoms in total. The van der Waals surface area contributed by atoms with Gasteiger partial charge in [-0.2, -0.15) is 0 Å². The number of aliphatic hydroxyl groups excluding tert-OH is 1. The second-order valence-electron chi connectivity index (χ2n) is 4.88. The monoisotopic (exact) mass is 273 g/mol. The molecule has 0 aliphatic rings. The van der Waals surface area contributed by atoms with Crippen molar-refractivity contribution in [3.63, 3.8) is 0 Å². The number of hydrogen-bond donors (Lipinski definition) is 1. The molecule has 0 saturated heterocycles. The molecule has 1 aromatic heterocycles. The standard InChI is InChI=1S/C15H19N3O2/c1-12(19)7-9-17(2)15(20)13-3-5-14(6-4-13)18-10-8-16-11-18/h3-6,8,10-12,19H,7,9H2,1-2H3. The zero-order valence-corrected chi connectivity index (χ0v) is 11.7. The summed E-state index contributed by atoms with van der Waals surface area (Å²) in [5, 5.41) is 9.25. The van der Waals surface area contributed by atoms with Crippen molar-refractivity contribution in [2.24, 2.45) is 0 Å². The highest BCUT2D eigenvalue weighted by atomic mass is 16.3. The van der Waals surface area contributed by atoms with Crippen molar-refractivity contribution in [2.45, 2.75) is 19.4 Å². The minimum absolute atomic E-state index is 0.0390. The number of benzene rings is 1. The lowest BCUT2D eigenvalue weighted by Crippen LogP contribution is -2.29. The Morgan fingerprint density at radius 3 is 2.65 bits per heavy atom. The van der Waals surface area contributed by atoms with Crippen LogP contribution >= 0.6 is 0 Å². The third-order valence-corrected chi connectivity index (χ3v) is 3.15. The molecule has 0 aliphatic heterocycles. The van der Waals surface area contributed by atoms with Crippen LogP contribution in [0.1, 0.15) is 23.7 Å². The van der Waals surface area contributed by atoms with Crippen molar-refractivity contribution in [2.75, 3.05) is 13.6 Å². The molecule has 0 radical (unpaired) electrons. The lowest BCUT2D eigenvalue weighted by molar-refractivity contribution is 0.0769. The van der Waals surface area contributed by atoms with Gasteiger partial charge in [-0.3, -0.25) is 4.79 Å². The number of nitrogens with zero attached hydrogens (tertiary/aromatic N) is 3. The highest BCUT2D eigenvalue weighted by molar-refractivity contribution is 5.94. The van der Waals surface area contributed by atoms with Gasteiger partial charge in [0, 0.05) is 37.2 Å². The van der Waals surface area contributed by atoms with Gasteiger partial charge in [0.05, 0.1) is 12.4 Å². The van der Waals surface area contributed by atoms with Crippen LogP contribution in [0.15, 0.2) is 43.0 Å². The summed E-state index contributed by atoms with van der Waals surface area (Å²) < 4.78 is 1.88. The zero-order valence-electron chi connectivity index (χ0n) is 11.7. The number of carbonyl (C=O) groups excluding carboxylic acids is 1. The van der Waals surface area contributed by atoms with Crippen molar-refractivity contribution in [3.8, 4) is 5.69 Å². The first kappa shape index (κ1) is 14.3. The van der Waals surface area contributed by atoms with Crippen molar-refractivity contribution in [1.82, 2.24) is 14.5 Å². The van der Waals surface area contributed by atoms with E-state index < -0.39 is 6.10 Å². The molecule has 0 fully saturated rings. The van der Waals surface area contributed by atoms with Crippen LogP contribution in [-0.4, -0.2) is 45.2 Å². The molecule has 5 heteroatoms. The van der Waals surface area contributed by atoms with Crippen LogP contribution in [0.4, 0.5) is 0 Å². The average Bonchev–Trinajstić information content (AvgIpc) is 2.98. The fourth-order valence-electron chi connectivity index (χ4n) is 1.89. The van der Waals surface area contributed by atoms with E-state index in [1.807, 2.05) is 22.9 Å². The fraction of sp³-hybridized carbons (Fsp3) is 0.333. The molecule has 1 heterocycles. The summed E-state index contributed by atoms with van der Waals surface area (Å²) in [6.45, 7) is 2.26. The number of aliphatic hydroxyl groups is 1. The van der Waals surface area contributed by atoms with Gasteiger partial charge in [0.15, 0.2) is 0 Å². The predicted octanol–water partition coefficient (Wildman–Crippen LogP) is 1.72. The van der Waals surface area contributed by atoms with E-state index in [2.05, 4.69) is 4.98 Å². The Bertz CT molecular complexity index is 547. The summed E-state index contributed by atoms with van der Waals surface area (Å²) in [5.41, 5.74) is 1.60. The van der Waals surface area contributed by atoms with E-state index in [0.717, 1.165) is 5.69 Å². The van der Waals surface area contributed by atoms with Crippen LogP contribution < -0.4 is 0 Å². The number of carbonyl (C=O) groups is 1. The van der Waals surface area contributed by atoms with Gasteiger partial charge in [-0.05, 0) is 37.6 Å². The van der Waals surface area contributed by atoms with E-state index in [9.17, 15) is 9.90 Å². The Hall–Kier alpha value is -2.14. The van der Waals surface area contributed by atoms with Gasteiger partial charge in [0.1, 0.15) is 0 Å². The van der Waals surface area contributed by atoms with Crippen molar-refractivity contribution in [3.05, 3.63) is 48.5 Å². The summed E-state index contributed by atoms with van der Waals surface area (Å²) in [6.07, 6.45) is 5.46. The second-order valence-corrected chi connectivity index (χ2v) is 4.88. The van der Waals surface area contributed by atoms with Gasteiger partial charge in [-0.1, -0.05) is 0 Å². The third-order valence-electron chi connectivity index (χ3n) is 3.15. The van der Waals surface area contributed by atoms with Gasteiger partial charge in [-0.25, -0.2) is 4.98 Å². The Kier molecular flexibility index (Phi) is 4.53. The minimum atomic E-state index is -0.395. The summed E-state index contributed by atoms with van der Waals surface area (Å²) in [5.74, 6) is -0.0390. The molecule has 1 unspecified atom stereocenters. The smallest absolute Gasteiger partial charge is 0.253 e. The van der Waals surface area contributed by atoms with Gasteiger partial charge in [-0.15, -0.1) is 0 Å². The number of rotatable bonds is 5. The molecular formula is C15H19N3O2. The third kappa shape index (κ3) is 3.45. The van der Waals surface area contributed by atoms with E-state index in [1.54, 1.807) is 43.5 Å². The van der Waals surface area contributed by atoms with E-state index >= 15 is 0 Å². The lowest BCUT2D eigenvalue weighted by Gasteiger charge is -2.18. The van der Waals surface area contributed by atoms with E-state index in [1.165, 1.54) is 0 Å². The quantitative estimate of drug-likeness (QED) is 0.902. The molecule has 0 bridgehead atoms. The maximum absolute atomic E-state index is 12.2. The first-order chi connectivity index (χ1) is 9.58. The minimum Gasteiger partial charge on any atom is -0.393 e. The van der Waals surface area contributed by atoms with Crippen molar-refractivity contribution < 1.29 is 9.90 Å². The number of amides is 1. The first-order valence-electron chi connectivity index (χ1n) is 6.60. The molecule has 2 rings (SSSR count). The van der Waals surface area contributed by atoms with Gasteiger partial charge in [0.2, 0.25) is 0 Å². The Labute approximate surface area is 118 Å². The number of aromatic nitrogens is 2. The van der Waals surface area contributed by atoms with Crippen molar-refractivity contribution >= 4 is 5.91 Å². The van der Waals surface area contributed by atoms with E-state index in [4.69, 9.17) is 0 Å². The molecule has 2 aromatic rings. The molecule has 0 spiro atoms. The van der Waals surface area contributed by atoms with Crippen LogP contribution in [0, 0.1) is 0 Å². The molecule has 1 amide bonds.